The van der Waals surface area contributed by atoms with Crippen LogP contribution in [0.2, 0.25) is 0 Å². The molecule has 1 atom stereocenters. The van der Waals surface area contributed by atoms with E-state index in [1.807, 2.05) is 61.7 Å². The lowest BCUT2D eigenvalue weighted by atomic mass is 9.98. The molecule has 0 fully saturated rings. The molecule has 6 heteroatoms. The van der Waals surface area contributed by atoms with E-state index in [0.717, 1.165) is 21.7 Å². The van der Waals surface area contributed by atoms with Crippen LogP contribution in [-0.2, 0) is 4.79 Å². The molecule has 5 nitrogen and oxygen atoms in total. The van der Waals surface area contributed by atoms with E-state index < -0.39 is 12.1 Å². The van der Waals surface area contributed by atoms with Crippen molar-refractivity contribution < 1.29 is 9.59 Å². The Morgan fingerprint density at radius 3 is 2.46 bits per heavy atom. The van der Waals surface area contributed by atoms with Crippen LogP contribution in [-0.4, -0.2) is 18.2 Å². The van der Waals surface area contributed by atoms with Crippen molar-refractivity contribution in [2.45, 2.75) is 24.3 Å². The third kappa shape index (κ3) is 4.76. The smallest absolute Gasteiger partial charge is 0.312 e. The number of para-hydroxylation sites is 1. The van der Waals surface area contributed by atoms with Crippen LogP contribution in [0.3, 0.4) is 0 Å². The molecule has 0 saturated carbocycles. The molecule has 4 N–H and O–H groups in total. The predicted octanol–water partition coefficient (Wildman–Crippen LogP) is 3.46. The number of thioether (sulfide) groups is 1. The third-order valence-electron chi connectivity index (χ3n) is 3.65. The Balaban J connectivity index is 2.16. The molecule has 0 aliphatic rings. The number of nitrogens with one attached hydrogen (secondary N) is 2. The Morgan fingerprint density at radius 1 is 1.12 bits per heavy atom. The van der Waals surface area contributed by atoms with Crippen molar-refractivity contribution >= 4 is 29.4 Å². The highest BCUT2D eigenvalue weighted by molar-refractivity contribution is 7.98. The molecular formula is C18H21N3O2S. The van der Waals surface area contributed by atoms with Crippen LogP contribution in [0.15, 0.2) is 53.4 Å². The summed E-state index contributed by atoms with van der Waals surface area (Å²) in [6.45, 7) is 1.94. The number of carbonyl (C=O) groups excluding carboxylic acids is 2. The van der Waals surface area contributed by atoms with Gasteiger partial charge >= 0.3 is 6.03 Å². The lowest BCUT2D eigenvalue weighted by Gasteiger charge is -2.20. The van der Waals surface area contributed by atoms with Crippen molar-refractivity contribution in [2.75, 3.05) is 11.6 Å². The number of urea groups is 1. The Labute approximate surface area is 146 Å². The highest BCUT2D eigenvalue weighted by Crippen LogP contribution is 2.26. The van der Waals surface area contributed by atoms with Gasteiger partial charge in [0.25, 0.3) is 0 Å². The standard InChI is InChI=1S/C18H21N3O2S/c1-12-7-3-4-8-13(12)15(21-18(19)23)11-17(22)20-14-9-5-6-10-16(14)24-2/h3-10,15H,11H2,1-2H3,(H,20,22)(H3,19,21,23). The summed E-state index contributed by atoms with van der Waals surface area (Å²) >= 11 is 1.56. The molecule has 0 heterocycles. The summed E-state index contributed by atoms with van der Waals surface area (Å²) in [5.41, 5.74) is 7.90. The van der Waals surface area contributed by atoms with Crippen LogP contribution in [0.5, 0.6) is 0 Å². The van der Waals surface area contributed by atoms with Crippen molar-refractivity contribution in [3.63, 3.8) is 0 Å². The number of benzene rings is 2. The zero-order valence-corrected chi connectivity index (χ0v) is 14.5. The van der Waals surface area contributed by atoms with E-state index >= 15 is 0 Å². The normalized spacial score (nSPS) is 11.6. The summed E-state index contributed by atoms with van der Waals surface area (Å²) in [7, 11) is 0. The molecule has 0 aromatic heterocycles. The van der Waals surface area contributed by atoms with Gasteiger partial charge in [-0.15, -0.1) is 11.8 Å². The number of aryl methyl sites for hydroxylation is 1. The minimum Gasteiger partial charge on any atom is -0.352 e. The average molecular weight is 343 g/mol. The third-order valence-corrected chi connectivity index (χ3v) is 4.45. The lowest BCUT2D eigenvalue weighted by molar-refractivity contribution is -0.116. The summed E-state index contributed by atoms with van der Waals surface area (Å²) in [4.78, 5) is 24.7. The topological polar surface area (TPSA) is 84.2 Å². The van der Waals surface area contributed by atoms with E-state index in [2.05, 4.69) is 10.6 Å². The van der Waals surface area contributed by atoms with Crippen LogP contribution in [0.1, 0.15) is 23.6 Å². The Morgan fingerprint density at radius 2 is 1.79 bits per heavy atom. The second-order valence-corrected chi connectivity index (χ2v) is 6.22. The quantitative estimate of drug-likeness (QED) is 0.702. The van der Waals surface area contributed by atoms with E-state index in [1.165, 1.54) is 0 Å². The zero-order chi connectivity index (χ0) is 17.5. The number of anilines is 1. The number of hydrogen-bond donors (Lipinski definition) is 3. The van der Waals surface area contributed by atoms with Gasteiger partial charge in [-0.05, 0) is 36.4 Å². The minimum absolute atomic E-state index is 0.108. The molecule has 0 spiro atoms. The maximum absolute atomic E-state index is 12.4. The second kappa shape index (κ2) is 8.40. The summed E-state index contributed by atoms with van der Waals surface area (Å²) in [6, 6.07) is 14.1. The van der Waals surface area contributed by atoms with E-state index in [-0.39, 0.29) is 12.3 Å². The molecule has 0 aliphatic heterocycles. The second-order valence-electron chi connectivity index (χ2n) is 5.37. The van der Waals surface area contributed by atoms with Crippen molar-refractivity contribution in [1.29, 1.82) is 0 Å². The molecule has 1 unspecified atom stereocenters. The van der Waals surface area contributed by atoms with E-state index in [0.29, 0.717) is 0 Å². The van der Waals surface area contributed by atoms with Crippen LogP contribution >= 0.6 is 11.8 Å². The molecule has 0 aliphatic carbocycles. The van der Waals surface area contributed by atoms with Gasteiger partial charge in [0, 0.05) is 4.90 Å². The van der Waals surface area contributed by atoms with Crippen LogP contribution in [0.4, 0.5) is 10.5 Å². The molecule has 24 heavy (non-hydrogen) atoms. The fourth-order valence-electron chi connectivity index (χ4n) is 2.52. The fourth-order valence-corrected chi connectivity index (χ4v) is 3.08. The minimum atomic E-state index is -0.652. The molecule has 2 rings (SSSR count). The molecule has 0 radical (unpaired) electrons. The highest BCUT2D eigenvalue weighted by Gasteiger charge is 2.19. The van der Waals surface area contributed by atoms with Crippen molar-refractivity contribution in [3.05, 3.63) is 59.7 Å². The average Bonchev–Trinajstić information content (AvgIpc) is 2.54. The van der Waals surface area contributed by atoms with Gasteiger partial charge in [-0.2, -0.15) is 0 Å². The first kappa shape index (κ1) is 17.9. The van der Waals surface area contributed by atoms with Gasteiger partial charge < -0.3 is 16.4 Å². The number of nitrogens with two attached hydrogens (primary N) is 1. The number of primary amides is 1. The van der Waals surface area contributed by atoms with Gasteiger partial charge in [0.15, 0.2) is 0 Å². The molecule has 3 amide bonds. The Kier molecular flexibility index (Phi) is 6.26. The number of carbonyl (C=O) groups is 2. The van der Waals surface area contributed by atoms with Crippen LogP contribution < -0.4 is 16.4 Å². The lowest BCUT2D eigenvalue weighted by Crippen LogP contribution is -2.35. The predicted molar refractivity (Wildman–Crippen MR) is 98.1 cm³/mol. The van der Waals surface area contributed by atoms with Crippen molar-refractivity contribution in [2.24, 2.45) is 5.73 Å². The van der Waals surface area contributed by atoms with Gasteiger partial charge in [-0.1, -0.05) is 36.4 Å². The van der Waals surface area contributed by atoms with Crippen LogP contribution in [0, 0.1) is 6.92 Å². The Bertz CT molecular complexity index is 734. The van der Waals surface area contributed by atoms with Gasteiger partial charge in [0.2, 0.25) is 5.91 Å². The van der Waals surface area contributed by atoms with E-state index in [9.17, 15) is 9.59 Å². The number of rotatable bonds is 6. The zero-order valence-electron chi connectivity index (χ0n) is 13.7. The molecule has 0 bridgehead atoms. The largest absolute Gasteiger partial charge is 0.352 e. The molecule has 2 aromatic carbocycles. The van der Waals surface area contributed by atoms with Crippen molar-refractivity contribution in [3.8, 4) is 0 Å². The van der Waals surface area contributed by atoms with Gasteiger partial charge in [0.05, 0.1) is 18.2 Å². The molecular weight excluding hydrogens is 322 g/mol. The van der Waals surface area contributed by atoms with Crippen LogP contribution in [0.25, 0.3) is 0 Å². The first-order valence-corrected chi connectivity index (χ1v) is 8.78. The maximum Gasteiger partial charge on any atom is 0.312 e. The number of hydrogen-bond acceptors (Lipinski definition) is 3. The van der Waals surface area contributed by atoms with Gasteiger partial charge in [0.1, 0.15) is 0 Å². The van der Waals surface area contributed by atoms with E-state index in [1.54, 1.807) is 11.8 Å². The number of amides is 3. The first-order valence-electron chi connectivity index (χ1n) is 7.55. The van der Waals surface area contributed by atoms with E-state index in [4.69, 9.17) is 5.73 Å². The molecule has 2 aromatic rings. The molecule has 0 saturated heterocycles. The monoisotopic (exact) mass is 343 g/mol. The SMILES string of the molecule is CSc1ccccc1NC(=O)CC(NC(N)=O)c1ccccc1C. The summed E-state index contributed by atoms with van der Waals surface area (Å²) in [6.07, 6.45) is 2.06. The summed E-state index contributed by atoms with van der Waals surface area (Å²) < 4.78 is 0. The summed E-state index contributed by atoms with van der Waals surface area (Å²) in [5, 5.41) is 5.56. The van der Waals surface area contributed by atoms with Gasteiger partial charge in [-0.25, -0.2) is 4.79 Å². The Hall–Kier alpha value is -2.47. The first-order chi connectivity index (χ1) is 11.5. The maximum atomic E-state index is 12.4. The summed E-state index contributed by atoms with van der Waals surface area (Å²) in [5.74, 6) is -0.182. The fraction of sp³-hybridized carbons (Fsp3) is 0.222. The highest BCUT2D eigenvalue weighted by atomic mass is 32.2. The molecule has 126 valence electrons. The van der Waals surface area contributed by atoms with Crippen molar-refractivity contribution in [1.82, 2.24) is 5.32 Å². The van der Waals surface area contributed by atoms with Gasteiger partial charge in [-0.3, -0.25) is 4.79 Å².